The van der Waals surface area contributed by atoms with Gasteiger partial charge in [-0.15, -0.1) is 0 Å². The fourth-order valence-corrected chi connectivity index (χ4v) is 3.13. The van der Waals surface area contributed by atoms with E-state index < -0.39 is 0 Å². The van der Waals surface area contributed by atoms with E-state index in [0.717, 1.165) is 26.2 Å². The molecule has 2 saturated heterocycles. The first kappa shape index (κ1) is 26.0. The van der Waals surface area contributed by atoms with Crippen molar-refractivity contribution < 1.29 is 38.0 Å². The van der Waals surface area contributed by atoms with Crippen LogP contribution in [0.1, 0.15) is 20.8 Å². The Kier molecular flexibility index (Phi) is 12.3. The first-order valence-corrected chi connectivity index (χ1v) is 11.1. The average Bonchev–Trinajstić information content (AvgIpc) is 2.76. The maximum absolute atomic E-state index is 12.0. The SMILES string of the molecule is CC(COC(=O)CN1CCOCC1)OCC(C)OCC(C)OC(=O)CN1CCOCC1. The van der Waals surface area contributed by atoms with Gasteiger partial charge in [0.15, 0.2) is 0 Å². The molecule has 2 aliphatic heterocycles. The number of carbonyl (C=O) groups excluding carboxylic acids is 2. The molecule has 0 aromatic rings. The summed E-state index contributed by atoms with van der Waals surface area (Å²) in [7, 11) is 0. The monoisotopic (exact) mass is 446 g/mol. The Morgan fingerprint density at radius 3 is 1.71 bits per heavy atom. The Balaban J connectivity index is 1.49. The van der Waals surface area contributed by atoms with Crippen molar-refractivity contribution in [3.63, 3.8) is 0 Å². The summed E-state index contributed by atoms with van der Waals surface area (Å²) in [5.41, 5.74) is 0. The summed E-state index contributed by atoms with van der Waals surface area (Å²) in [6.45, 7) is 12.5. The van der Waals surface area contributed by atoms with Gasteiger partial charge in [-0.3, -0.25) is 19.4 Å². The molecule has 31 heavy (non-hydrogen) atoms. The molecule has 3 atom stereocenters. The molecule has 0 spiro atoms. The van der Waals surface area contributed by atoms with E-state index in [0.29, 0.717) is 39.6 Å². The highest BCUT2D eigenvalue weighted by Crippen LogP contribution is 2.03. The van der Waals surface area contributed by atoms with Crippen molar-refractivity contribution in [3.05, 3.63) is 0 Å². The highest BCUT2D eigenvalue weighted by molar-refractivity contribution is 5.72. The predicted molar refractivity (Wildman–Crippen MR) is 112 cm³/mol. The second-order valence-electron chi connectivity index (χ2n) is 8.05. The van der Waals surface area contributed by atoms with Crippen LogP contribution in [0, 0.1) is 0 Å². The van der Waals surface area contributed by atoms with Gasteiger partial charge in [-0.1, -0.05) is 0 Å². The first-order valence-electron chi connectivity index (χ1n) is 11.1. The molecule has 0 N–H and O–H groups in total. The Labute approximate surface area is 185 Å². The smallest absolute Gasteiger partial charge is 0.320 e. The van der Waals surface area contributed by atoms with E-state index in [1.165, 1.54) is 0 Å². The molecule has 3 unspecified atom stereocenters. The Bertz CT molecular complexity index is 524. The van der Waals surface area contributed by atoms with Crippen LogP contribution in [-0.4, -0.2) is 126 Å². The minimum absolute atomic E-state index is 0.174. The number of carbonyl (C=O) groups is 2. The van der Waals surface area contributed by atoms with Gasteiger partial charge in [-0.05, 0) is 20.8 Å². The zero-order valence-electron chi connectivity index (χ0n) is 19.1. The zero-order chi connectivity index (χ0) is 22.5. The van der Waals surface area contributed by atoms with Crippen molar-refractivity contribution in [2.45, 2.75) is 39.1 Å². The van der Waals surface area contributed by atoms with Crippen molar-refractivity contribution in [1.82, 2.24) is 9.80 Å². The Morgan fingerprint density at radius 1 is 0.710 bits per heavy atom. The van der Waals surface area contributed by atoms with Gasteiger partial charge in [-0.25, -0.2) is 0 Å². The number of esters is 2. The van der Waals surface area contributed by atoms with Gasteiger partial charge in [0.05, 0.1) is 64.9 Å². The fourth-order valence-electron chi connectivity index (χ4n) is 3.13. The lowest BCUT2D eigenvalue weighted by Gasteiger charge is -2.26. The predicted octanol–water partition coefficient (Wildman–Crippen LogP) is -0.0641. The van der Waals surface area contributed by atoms with Gasteiger partial charge >= 0.3 is 11.9 Å². The van der Waals surface area contributed by atoms with Crippen molar-refractivity contribution in [2.75, 3.05) is 85.5 Å². The second-order valence-corrected chi connectivity index (χ2v) is 8.05. The van der Waals surface area contributed by atoms with Crippen LogP contribution >= 0.6 is 0 Å². The van der Waals surface area contributed by atoms with Crippen molar-refractivity contribution in [2.24, 2.45) is 0 Å². The van der Waals surface area contributed by atoms with Crippen molar-refractivity contribution in [3.8, 4) is 0 Å². The third kappa shape index (κ3) is 11.8. The lowest BCUT2D eigenvalue weighted by molar-refractivity contribution is -0.156. The molecule has 0 bridgehead atoms. The number of hydrogen-bond donors (Lipinski definition) is 0. The van der Waals surface area contributed by atoms with Crippen LogP contribution in [0.15, 0.2) is 0 Å². The number of ether oxygens (including phenoxy) is 6. The molecule has 180 valence electrons. The normalized spacial score (nSPS) is 21.3. The zero-order valence-corrected chi connectivity index (χ0v) is 19.1. The Morgan fingerprint density at radius 2 is 1.16 bits per heavy atom. The van der Waals surface area contributed by atoms with E-state index >= 15 is 0 Å². The van der Waals surface area contributed by atoms with E-state index in [9.17, 15) is 9.59 Å². The van der Waals surface area contributed by atoms with Crippen LogP contribution in [0.4, 0.5) is 0 Å². The molecule has 10 heteroatoms. The van der Waals surface area contributed by atoms with Gasteiger partial charge in [0.1, 0.15) is 12.7 Å². The molecule has 0 amide bonds. The van der Waals surface area contributed by atoms with Crippen LogP contribution < -0.4 is 0 Å². The molecule has 10 nitrogen and oxygen atoms in total. The van der Waals surface area contributed by atoms with Gasteiger partial charge < -0.3 is 28.4 Å². The molecule has 0 aromatic carbocycles. The topological polar surface area (TPSA) is 96.0 Å². The Hall–Kier alpha value is -1.30. The molecule has 2 aliphatic rings. The minimum Gasteiger partial charge on any atom is -0.462 e. The number of rotatable bonds is 13. The third-order valence-electron chi connectivity index (χ3n) is 4.96. The quantitative estimate of drug-likeness (QED) is 0.358. The summed E-state index contributed by atoms with van der Waals surface area (Å²) < 4.78 is 32.6. The molecule has 2 rings (SSSR count). The molecule has 0 saturated carbocycles. The van der Waals surface area contributed by atoms with Crippen LogP contribution in [-0.2, 0) is 38.0 Å². The summed E-state index contributed by atoms with van der Waals surface area (Å²) in [5.74, 6) is -0.510. The van der Waals surface area contributed by atoms with E-state index in [4.69, 9.17) is 28.4 Å². The van der Waals surface area contributed by atoms with E-state index in [1.807, 2.05) is 23.6 Å². The lowest BCUT2D eigenvalue weighted by Crippen LogP contribution is -2.41. The molecule has 2 fully saturated rings. The number of hydrogen-bond acceptors (Lipinski definition) is 10. The lowest BCUT2D eigenvalue weighted by atomic mass is 10.3. The standard InChI is InChI=1S/C21H38N2O8/c1-17(29-16-19(3)31-21(25)13-23-6-10-27-11-7-23)14-28-18(2)15-30-20(24)12-22-4-8-26-9-5-22/h17-19H,4-16H2,1-3H3. The highest BCUT2D eigenvalue weighted by atomic mass is 16.6. The molecule has 0 aliphatic carbocycles. The van der Waals surface area contributed by atoms with E-state index in [2.05, 4.69) is 0 Å². The van der Waals surface area contributed by atoms with Crippen LogP contribution in [0.2, 0.25) is 0 Å². The molecule has 2 heterocycles. The maximum Gasteiger partial charge on any atom is 0.320 e. The van der Waals surface area contributed by atoms with Crippen LogP contribution in [0.25, 0.3) is 0 Å². The van der Waals surface area contributed by atoms with Crippen LogP contribution in [0.3, 0.4) is 0 Å². The molecule has 0 aromatic heterocycles. The summed E-state index contributed by atoms with van der Waals surface area (Å²) >= 11 is 0. The number of nitrogens with zero attached hydrogens (tertiary/aromatic N) is 2. The summed E-state index contributed by atoms with van der Waals surface area (Å²) in [4.78, 5) is 27.9. The van der Waals surface area contributed by atoms with Gasteiger partial charge in [0, 0.05) is 26.2 Å². The second kappa shape index (κ2) is 14.7. The largest absolute Gasteiger partial charge is 0.462 e. The molecular formula is C21H38N2O8. The molecule has 0 radical (unpaired) electrons. The van der Waals surface area contributed by atoms with Gasteiger partial charge in [0.25, 0.3) is 0 Å². The van der Waals surface area contributed by atoms with Gasteiger partial charge in [0.2, 0.25) is 0 Å². The first-order chi connectivity index (χ1) is 14.9. The van der Waals surface area contributed by atoms with Crippen LogP contribution in [0.5, 0.6) is 0 Å². The van der Waals surface area contributed by atoms with Gasteiger partial charge in [-0.2, -0.15) is 0 Å². The van der Waals surface area contributed by atoms with Crippen molar-refractivity contribution in [1.29, 1.82) is 0 Å². The summed E-state index contributed by atoms with van der Waals surface area (Å²) in [6, 6.07) is 0. The van der Waals surface area contributed by atoms with Crippen molar-refractivity contribution >= 4 is 11.9 Å². The summed E-state index contributed by atoms with van der Waals surface area (Å²) in [6.07, 6.45) is -0.745. The highest BCUT2D eigenvalue weighted by Gasteiger charge is 2.19. The third-order valence-corrected chi connectivity index (χ3v) is 4.96. The molecular weight excluding hydrogens is 408 g/mol. The van der Waals surface area contributed by atoms with E-state index in [1.54, 1.807) is 6.92 Å². The average molecular weight is 447 g/mol. The fraction of sp³-hybridized carbons (Fsp3) is 0.905. The summed E-state index contributed by atoms with van der Waals surface area (Å²) in [5, 5.41) is 0. The maximum atomic E-state index is 12.0. The number of morpholine rings is 2. The van der Waals surface area contributed by atoms with E-state index in [-0.39, 0.29) is 49.9 Å². The minimum atomic E-state index is -0.338.